The van der Waals surface area contributed by atoms with E-state index >= 15 is 0 Å². The second-order valence-electron chi connectivity index (χ2n) is 4.06. The fourth-order valence-electron chi connectivity index (χ4n) is 1.51. The molecule has 0 heterocycles. The van der Waals surface area contributed by atoms with Crippen LogP contribution in [0, 0.1) is 5.82 Å². The van der Waals surface area contributed by atoms with E-state index in [4.69, 9.17) is 5.73 Å². The van der Waals surface area contributed by atoms with Crippen molar-refractivity contribution in [2.45, 2.75) is 25.4 Å². The van der Waals surface area contributed by atoms with E-state index in [-0.39, 0.29) is 17.0 Å². The number of hydrogen-bond donors (Lipinski definition) is 2. The molecule has 1 aromatic carbocycles. The summed E-state index contributed by atoms with van der Waals surface area (Å²) in [6.45, 7) is 0.349. The molecule has 0 atom stereocenters. The van der Waals surface area contributed by atoms with E-state index in [0.29, 0.717) is 18.7 Å². The van der Waals surface area contributed by atoms with E-state index in [0.717, 1.165) is 0 Å². The molecule has 2 nitrogen and oxygen atoms in total. The lowest BCUT2D eigenvalue weighted by atomic mass is 10.2. The molecule has 0 saturated carbocycles. The van der Waals surface area contributed by atoms with Crippen LogP contribution in [-0.2, 0) is 0 Å². The molecule has 0 fully saturated rings. The van der Waals surface area contributed by atoms with Crippen LogP contribution in [0.4, 0.5) is 23.2 Å². The Morgan fingerprint density at radius 3 is 2.47 bits per heavy atom. The minimum absolute atomic E-state index is 0.0331. The Morgan fingerprint density at radius 2 is 1.95 bits per heavy atom. The monoisotopic (exact) mass is 294 g/mol. The highest BCUT2D eigenvalue weighted by Gasteiger charge is 2.25. The van der Waals surface area contributed by atoms with Crippen LogP contribution in [0.1, 0.15) is 24.8 Å². The first-order chi connectivity index (χ1) is 8.79. The number of alkyl halides is 3. The lowest BCUT2D eigenvalue weighted by molar-refractivity contribution is -0.135. The Balaban J connectivity index is 2.38. The highest BCUT2D eigenvalue weighted by molar-refractivity contribution is 7.80. The molecule has 106 valence electrons. The molecule has 0 aliphatic heterocycles. The summed E-state index contributed by atoms with van der Waals surface area (Å²) < 4.78 is 49.1. The third-order valence-electron chi connectivity index (χ3n) is 2.45. The molecule has 7 heteroatoms. The van der Waals surface area contributed by atoms with Gasteiger partial charge in [-0.05, 0) is 31.0 Å². The second-order valence-corrected chi connectivity index (χ2v) is 4.50. The van der Waals surface area contributed by atoms with Crippen LogP contribution in [0.2, 0.25) is 0 Å². The molecule has 0 radical (unpaired) electrons. The van der Waals surface area contributed by atoms with Crippen molar-refractivity contribution in [2.24, 2.45) is 5.73 Å². The first-order valence-corrected chi connectivity index (χ1v) is 6.10. The third-order valence-corrected chi connectivity index (χ3v) is 2.67. The molecule has 1 rings (SSSR count). The number of hydrogen-bond acceptors (Lipinski definition) is 2. The van der Waals surface area contributed by atoms with E-state index in [1.165, 1.54) is 12.1 Å². The van der Waals surface area contributed by atoms with Gasteiger partial charge < -0.3 is 11.1 Å². The number of nitrogens with one attached hydrogen (secondary N) is 1. The molecule has 0 bridgehead atoms. The van der Waals surface area contributed by atoms with Gasteiger partial charge in [0.1, 0.15) is 10.8 Å². The van der Waals surface area contributed by atoms with Crippen LogP contribution in [0.15, 0.2) is 18.2 Å². The minimum Gasteiger partial charge on any atom is -0.389 e. The van der Waals surface area contributed by atoms with Gasteiger partial charge in [0, 0.05) is 24.2 Å². The second kappa shape index (κ2) is 6.70. The maximum Gasteiger partial charge on any atom is 0.389 e. The third kappa shape index (κ3) is 5.87. The topological polar surface area (TPSA) is 38.0 Å². The number of anilines is 1. The van der Waals surface area contributed by atoms with Crippen LogP contribution in [0.25, 0.3) is 0 Å². The van der Waals surface area contributed by atoms with Crippen molar-refractivity contribution in [3.8, 4) is 0 Å². The normalized spacial score (nSPS) is 11.4. The molecule has 19 heavy (non-hydrogen) atoms. The Morgan fingerprint density at radius 1 is 1.26 bits per heavy atom. The Bertz CT molecular complexity index is 446. The molecule has 0 aliphatic carbocycles. The van der Waals surface area contributed by atoms with E-state index < -0.39 is 18.4 Å². The number of nitrogens with two attached hydrogens (primary N) is 1. The lowest BCUT2D eigenvalue weighted by Crippen LogP contribution is -2.12. The number of halogens is 4. The van der Waals surface area contributed by atoms with E-state index in [1.54, 1.807) is 6.07 Å². The van der Waals surface area contributed by atoms with Crippen molar-refractivity contribution >= 4 is 22.9 Å². The fraction of sp³-hybridized carbons (Fsp3) is 0.417. The Labute approximate surface area is 114 Å². The van der Waals surface area contributed by atoms with Crippen molar-refractivity contribution in [3.63, 3.8) is 0 Å². The van der Waals surface area contributed by atoms with E-state index in [1.807, 2.05) is 0 Å². The summed E-state index contributed by atoms with van der Waals surface area (Å²) in [5.41, 5.74) is 5.95. The van der Waals surface area contributed by atoms with Crippen molar-refractivity contribution in [1.29, 1.82) is 0 Å². The SMILES string of the molecule is NC(=S)c1ccc(NCCCCC(F)(F)F)cc1F. The number of rotatable bonds is 6. The van der Waals surface area contributed by atoms with Crippen LogP contribution >= 0.6 is 12.2 Å². The van der Waals surface area contributed by atoms with Crippen molar-refractivity contribution in [1.82, 2.24) is 0 Å². The van der Waals surface area contributed by atoms with Gasteiger partial charge in [0.25, 0.3) is 0 Å². The molecular formula is C12H14F4N2S. The summed E-state index contributed by atoms with van der Waals surface area (Å²) >= 11 is 4.66. The Hall–Kier alpha value is -1.37. The van der Waals surface area contributed by atoms with Gasteiger partial charge in [-0.3, -0.25) is 0 Å². The summed E-state index contributed by atoms with van der Waals surface area (Å²) in [5.74, 6) is -0.548. The molecule has 0 aromatic heterocycles. The summed E-state index contributed by atoms with van der Waals surface area (Å²) in [5, 5.41) is 2.85. The zero-order valence-electron chi connectivity index (χ0n) is 10.1. The van der Waals surface area contributed by atoms with Crippen molar-refractivity contribution in [2.75, 3.05) is 11.9 Å². The molecule has 0 saturated heterocycles. The summed E-state index contributed by atoms with van der Waals surface area (Å²) in [7, 11) is 0. The maximum atomic E-state index is 13.5. The zero-order chi connectivity index (χ0) is 14.5. The first kappa shape index (κ1) is 15.7. The molecular weight excluding hydrogens is 280 g/mol. The predicted molar refractivity (Wildman–Crippen MR) is 70.7 cm³/mol. The quantitative estimate of drug-likeness (QED) is 0.478. The standard InChI is InChI=1S/C12H14F4N2S/c13-10-7-8(3-4-9(10)11(17)19)18-6-2-1-5-12(14,15)16/h3-4,7,18H,1-2,5-6H2,(H2,17,19). The van der Waals surface area contributed by atoms with Crippen LogP contribution < -0.4 is 11.1 Å². The maximum absolute atomic E-state index is 13.5. The van der Waals surface area contributed by atoms with Crippen LogP contribution in [-0.4, -0.2) is 17.7 Å². The van der Waals surface area contributed by atoms with E-state index in [9.17, 15) is 17.6 Å². The molecule has 0 spiro atoms. The summed E-state index contributed by atoms with van der Waals surface area (Å²) in [6.07, 6.45) is -4.52. The largest absolute Gasteiger partial charge is 0.389 e. The average Bonchev–Trinajstić information content (AvgIpc) is 2.26. The van der Waals surface area contributed by atoms with Crippen molar-refractivity contribution < 1.29 is 17.6 Å². The van der Waals surface area contributed by atoms with Gasteiger partial charge in [0.15, 0.2) is 0 Å². The molecule has 0 amide bonds. The van der Waals surface area contributed by atoms with Gasteiger partial charge in [-0.15, -0.1) is 0 Å². The van der Waals surface area contributed by atoms with Crippen LogP contribution in [0.3, 0.4) is 0 Å². The van der Waals surface area contributed by atoms with Gasteiger partial charge in [-0.1, -0.05) is 12.2 Å². The summed E-state index contributed by atoms with van der Waals surface area (Å²) in [4.78, 5) is -0.0331. The van der Waals surface area contributed by atoms with Gasteiger partial charge in [-0.2, -0.15) is 13.2 Å². The van der Waals surface area contributed by atoms with E-state index in [2.05, 4.69) is 17.5 Å². The molecule has 0 aliphatic rings. The lowest BCUT2D eigenvalue weighted by Gasteiger charge is -2.09. The molecule has 0 unspecified atom stereocenters. The Kier molecular flexibility index (Phi) is 5.53. The highest BCUT2D eigenvalue weighted by Crippen LogP contribution is 2.22. The van der Waals surface area contributed by atoms with Gasteiger partial charge >= 0.3 is 6.18 Å². The number of benzene rings is 1. The predicted octanol–water partition coefficient (Wildman–Crippen LogP) is 3.60. The fourth-order valence-corrected chi connectivity index (χ4v) is 1.67. The van der Waals surface area contributed by atoms with Crippen LogP contribution in [0.5, 0.6) is 0 Å². The number of thiocarbonyl (C=S) groups is 1. The van der Waals surface area contributed by atoms with Gasteiger partial charge in [0.05, 0.1) is 0 Å². The first-order valence-electron chi connectivity index (χ1n) is 5.69. The van der Waals surface area contributed by atoms with Gasteiger partial charge in [-0.25, -0.2) is 4.39 Å². The average molecular weight is 294 g/mol. The smallest absolute Gasteiger partial charge is 0.389 e. The summed E-state index contributed by atoms with van der Waals surface area (Å²) in [6, 6.07) is 4.25. The molecule has 1 aromatic rings. The molecule has 3 N–H and O–H groups in total. The highest BCUT2D eigenvalue weighted by atomic mass is 32.1. The zero-order valence-corrected chi connectivity index (χ0v) is 10.9. The van der Waals surface area contributed by atoms with Gasteiger partial charge in [0.2, 0.25) is 0 Å². The minimum atomic E-state index is -4.12. The van der Waals surface area contributed by atoms with Crippen molar-refractivity contribution in [3.05, 3.63) is 29.6 Å². The number of unbranched alkanes of at least 4 members (excludes halogenated alkanes) is 1.